The fourth-order valence-electron chi connectivity index (χ4n) is 1.29. The molecule has 0 aromatic rings. The molecule has 18 heavy (non-hydrogen) atoms. The van der Waals surface area contributed by atoms with Crippen LogP contribution in [0.2, 0.25) is 0 Å². The zero-order chi connectivity index (χ0) is 14.2. The van der Waals surface area contributed by atoms with E-state index in [1.54, 1.807) is 13.8 Å². The smallest absolute Gasteiger partial charge is 0.306 e. The Balaban J connectivity index is 4.39. The van der Waals surface area contributed by atoms with Gasteiger partial charge in [-0.15, -0.1) is 0 Å². The lowest BCUT2D eigenvalue weighted by atomic mass is 10.4. The van der Waals surface area contributed by atoms with Crippen LogP contribution in [0.25, 0.3) is 0 Å². The summed E-state index contributed by atoms with van der Waals surface area (Å²) in [4.78, 5) is 21.5. The summed E-state index contributed by atoms with van der Waals surface area (Å²) in [5.41, 5.74) is 0. The highest BCUT2D eigenvalue weighted by Crippen LogP contribution is 2.05. The van der Waals surface area contributed by atoms with Gasteiger partial charge in [0.1, 0.15) is 0 Å². The summed E-state index contributed by atoms with van der Waals surface area (Å²) in [7, 11) is -3.61. The van der Waals surface area contributed by atoms with Gasteiger partial charge in [0.25, 0.3) is 0 Å². The topological polar surface area (TPSA) is 101 Å². The predicted molar refractivity (Wildman–Crippen MR) is 64.5 cm³/mol. The maximum Gasteiger partial charge on any atom is 0.306 e. The standard InChI is InChI=1S/C10H19NO6S/c1-3-11(7-5-9(12)13)18(15,16)8-6-10(14)17-4-2/h3-8H2,1-2H3,(H,12,13). The van der Waals surface area contributed by atoms with E-state index in [0.29, 0.717) is 0 Å². The molecule has 0 rings (SSSR count). The van der Waals surface area contributed by atoms with Crippen molar-refractivity contribution in [2.24, 2.45) is 0 Å². The van der Waals surface area contributed by atoms with Crippen LogP contribution in [0.1, 0.15) is 26.7 Å². The minimum absolute atomic E-state index is 0.0863. The third kappa shape index (κ3) is 6.55. The summed E-state index contributed by atoms with van der Waals surface area (Å²) < 4.78 is 29.3. The van der Waals surface area contributed by atoms with Gasteiger partial charge >= 0.3 is 11.9 Å². The van der Waals surface area contributed by atoms with Gasteiger partial charge in [0.2, 0.25) is 10.0 Å². The molecule has 0 aromatic carbocycles. The third-order valence-corrected chi connectivity index (χ3v) is 4.14. The van der Waals surface area contributed by atoms with E-state index in [1.165, 1.54) is 0 Å². The van der Waals surface area contributed by atoms with Crippen molar-refractivity contribution in [1.82, 2.24) is 4.31 Å². The molecule has 7 nitrogen and oxygen atoms in total. The third-order valence-electron chi connectivity index (χ3n) is 2.19. The zero-order valence-corrected chi connectivity index (χ0v) is 11.4. The number of aliphatic carboxylic acids is 1. The van der Waals surface area contributed by atoms with Crippen molar-refractivity contribution in [1.29, 1.82) is 0 Å². The number of carboxylic acids is 1. The molecule has 0 radical (unpaired) electrons. The van der Waals surface area contributed by atoms with Gasteiger partial charge in [0.15, 0.2) is 0 Å². The van der Waals surface area contributed by atoms with Crippen LogP contribution in [0.15, 0.2) is 0 Å². The molecular formula is C10H19NO6S. The Labute approximate surface area is 107 Å². The molecule has 1 N–H and O–H groups in total. The fourth-order valence-corrected chi connectivity index (χ4v) is 2.73. The molecule has 106 valence electrons. The second-order valence-electron chi connectivity index (χ2n) is 3.51. The first kappa shape index (κ1) is 16.9. The number of hydrogen-bond acceptors (Lipinski definition) is 5. The molecular weight excluding hydrogens is 262 g/mol. The zero-order valence-electron chi connectivity index (χ0n) is 10.6. The lowest BCUT2D eigenvalue weighted by Gasteiger charge is -2.19. The van der Waals surface area contributed by atoms with E-state index in [1.807, 2.05) is 0 Å². The molecule has 0 aliphatic carbocycles. The quantitative estimate of drug-likeness (QED) is 0.600. The van der Waals surface area contributed by atoms with E-state index < -0.39 is 22.0 Å². The first-order valence-corrected chi connectivity index (χ1v) is 7.29. The van der Waals surface area contributed by atoms with E-state index in [0.717, 1.165) is 4.31 Å². The van der Waals surface area contributed by atoms with Crippen LogP contribution in [0.4, 0.5) is 0 Å². The Morgan fingerprint density at radius 3 is 2.28 bits per heavy atom. The van der Waals surface area contributed by atoms with Crippen LogP contribution < -0.4 is 0 Å². The van der Waals surface area contributed by atoms with Crippen molar-refractivity contribution in [3.8, 4) is 0 Å². The van der Waals surface area contributed by atoms with Gasteiger partial charge in [-0.2, -0.15) is 0 Å². The lowest BCUT2D eigenvalue weighted by molar-refractivity contribution is -0.142. The highest BCUT2D eigenvalue weighted by molar-refractivity contribution is 7.89. The van der Waals surface area contributed by atoms with Gasteiger partial charge in [0, 0.05) is 13.1 Å². The minimum atomic E-state index is -3.61. The van der Waals surface area contributed by atoms with Gasteiger partial charge in [-0.05, 0) is 6.92 Å². The molecule has 0 saturated heterocycles. The van der Waals surface area contributed by atoms with Gasteiger partial charge in [0.05, 0.1) is 25.2 Å². The lowest BCUT2D eigenvalue weighted by Crippen LogP contribution is -2.35. The maximum atomic E-state index is 11.8. The number of sulfonamides is 1. The average molecular weight is 281 g/mol. The highest BCUT2D eigenvalue weighted by Gasteiger charge is 2.22. The molecule has 0 fully saturated rings. The monoisotopic (exact) mass is 281 g/mol. The van der Waals surface area contributed by atoms with Gasteiger partial charge in [-0.1, -0.05) is 6.92 Å². The molecule has 0 aliphatic rings. The summed E-state index contributed by atoms with van der Waals surface area (Å²) in [6.07, 6.45) is -0.480. The van der Waals surface area contributed by atoms with Crippen molar-refractivity contribution in [2.75, 3.05) is 25.4 Å². The van der Waals surface area contributed by atoms with Crippen molar-refractivity contribution < 1.29 is 27.9 Å². The molecule has 0 heterocycles. The molecule has 0 aliphatic heterocycles. The van der Waals surface area contributed by atoms with Crippen molar-refractivity contribution in [2.45, 2.75) is 26.7 Å². The second kappa shape index (κ2) is 8.04. The van der Waals surface area contributed by atoms with E-state index >= 15 is 0 Å². The normalized spacial score (nSPS) is 11.5. The molecule has 0 unspecified atom stereocenters. The number of nitrogens with zero attached hydrogens (tertiary/aromatic N) is 1. The first-order chi connectivity index (χ1) is 8.33. The Hall–Kier alpha value is -1.15. The highest BCUT2D eigenvalue weighted by atomic mass is 32.2. The molecule has 0 atom stereocenters. The number of carbonyl (C=O) groups excluding carboxylic acids is 1. The SMILES string of the molecule is CCOC(=O)CCS(=O)(=O)N(CC)CCC(=O)O. The molecule has 0 saturated carbocycles. The largest absolute Gasteiger partial charge is 0.481 e. The molecule has 0 amide bonds. The molecule has 8 heteroatoms. The number of ether oxygens (including phenoxy) is 1. The van der Waals surface area contributed by atoms with Gasteiger partial charge < -0.3 is 9.84 Å². The molecule has 0 bridgehead atoms. The summed E-state index contributed by atoms with van der Waals surface area (Å²) in [5, 5.41) is 8.52. The Morgan fingerprint density at radius 2 is 1.83 bits per heavy atom. The van der Waals surface area contributed by atoms with Crippen LogP contribution >= 0.6 is 0 Å². The van der Waals surface area contributed by atoms with Crippen LogP contribution in [-0.2, 0) is 24.3 Å². The summed E-state index contributed by atoms with van der Waals surface area (Å²) >= 11 is 0. The Kier molecular flexibility index (Phi) is 7.53. The Bertz CT molecular complexity index is 378. The van der Waals surface area contributed by atoms with Crippen LogP contribution in [0, 0.1) is 0 Å². The molecule has 0 spiro atoms. The van der Waals surface area contributed by atoms with Crippen LogP contribution in [-0.4, -0.2) is 55.2 Å². The average Bonchev–Trinajstić information content (AvgIpc) is 2.27. The summed E-state index contributed by atoms with van der Waals surface area (Å²) in [6, 6.07) is 0. The van der Waals surface area contributed by atoms with Crippen molar-refractivity contribution >= 4 is 22.0 Å². The molecule has 0 aromatic heterocycles. The second-order valence-corrected chi connectivity index (χ2v) is 5.59. The van der Waals surface area contributed by atoms with Crippen LogP contribution in [0.3, 0.4) is 0 Å². The predicted octanol–water partition coefficient (Wildman–Crippen LogP) is 0.0660. The minimum Gasteiger partial charge on any atom is -0.481 e. The van der Waals surface area contributed by atoms with E-state index in [4.69, 9.17) is 5.11 Å². The number of carbonyl (C=O) groups is 2. The summed E-state index contributed by atoms with van der Waals surface area (Å²) in [5.74, 6) is -2.00. The number of esters is 1. The first-order valence-electron chi connectivity index (χ1n) is 5.68. The van der Waals surface area contributed by atoms with E-state index in [2.05, 4.69) is 4.74 Å². The number of carboxylic acid groups (broad SMARTS) is 1. The summed E-state index contributed by atoms with van der Waals surface area (Å²) in [6.45, 7) is 3.55. The van der Waals surface area contributed by atoms with Gasteiger partial charge in [-0.3, -0.25) is 9.59 Å². The fraction of sp³-hybridized carbons (Fsp3) is 0.800. The maximum absolute atomic E-state index is 11.8. The van der Waals surface area contributed by atoms with E-state index in [-0.39, 0.29) is 38.3 Å². The van der Waals surface area contributed by atoms with Crippen molar-refractivity contribution in [3.05, 3.63) is 0 Å². The van der Waals surface area contributed by atoms with Gasteiger partial charge in [-0.25, -0.2) is 12.7 Å². The van der Waals surface area contributed by atoms with Crippen LogP contribution in [0.5, 0.6) is 0 Å². The number of rotatable bonds is 9. The Morgan fingerprint density at radius 1 is 1.22 bits per heavy atom. The number of hydrogen-bond donors (Lipinski definition) is 1. The van der Waals surface area contributed by atoms with E-state index in [9.17, 15) is 18.0 Å². The van der Waals surface area contributed by atoms with Crippen molar-refractivity contribution in [3.63, 3.8) is 0 Å².